The van der Waals surface area contributed by atoms with Crippen LogP contribution in [-0.2, 0) is 10.0 Å². The zero-order valence-electron chi connectivity index (χ0n) is 10.9. The summed E-state index contributed by atoms with van der Waals surface area (Å²) in [6.07, 6.45) is 0.742. The Morgan fingerprint density at radius 1 is 1.05 bits per heavy atom. The Balaban J connectivity index is 1.98. The molecule has 6 heteroatoms. The van der Waals surface area contributed by atoms with Crippen molar-refractivity contribution >= 4 is 10.0 Å². The molecule has 19 heavy (non-hydrogen) atoms. The number of hydrogen-bond donors (Lipinski definition) is 1. The number of rotatable bonds is 5. The normalized spacial score (nSPS) is 18.6. The van der Waals surface area contributed by atoms with Gasteiger partial charge in [-0.3, -0.25) is 0 Å². The van der Waals surface area contributed by atoms with E-state index >= 15 is 0 Å². The Hall–Kier alpha value is -0.950. The summed E-state index contributed by atoms with van der Waals surface area (Å²) >= 11 is 0. The van der Waals surface area contributed by atoms with Gasteiger partial charge in [-0.05, 0) is 18.6 Å². The van der Waals surface area contributed by atoms with Crippen molar-refractivity contribution in [2.24, 2.45) is 0 Å². The number of nitrogens with zero attached hydrogens (tertiary/aromatic N) is 2. The van der Waals surface area contributed by atoms with Gasteiger partial charge in [0.15, 0.2) is 0 Å². The number of benzene rings is 1. The van der Waals surface area contributed by atoms with Crippen molar-refractivity contribution in [1.29, 1.82) is 0 Å². The van der Waals surface area contributed by atoms with Crippen molar-refractivity contribution in [2.75, 3.05) is 39.3 Å². The van der Waals surface area contributed by atoms with E-state index in [1.807, 2.05) is 6.07 Å². The second-order valence-electron chi connectivity index (χ2n) is 4.64. The Kier molecular flexibility index (Phi) is 4.93. The van der Waals surface area contributed by atoms with E-state index in [4.69, 9.17) is 5.11 Å². The van der Waals surface area contributed by atoms with Crippen LogP contribution in [0.15, 0.2) is 35.2 Å². The van der Waals surface area contributed by atoms with Crippen LogP contribution in [0.4, 0.5) is 0 Å². The third-order valence-electron chi connectivity index (χ3n) is 3.34. The zero-order chi connectivity index (χ0) is 13.7. The smallest absolute Gasteiger partial charge is 0.243 e. The molecule has 0 saturated carbocycles. The Labute approximate surface area is 114 Å². The first-order chi connectivity index (χ1) is 9.14. The molecule has 1 heterocycles. The average Bonchev–Trinajstić information content (AvgIpc) is 2.46. The van der Waals surface area contributed by atoms with Crippen molar-refractivity contribution in [2.45, 2.75) is 11.3 Å². The molecule has 1 aromatic carbocycles. The molecule has 0 bridgehead atoms. The number of sulfonamides is 1. The van der Waals surface area contributed by atoms with Crippen molar-refractivity contribution in [3.05, 3.63) is 30.3 Å². The predicted molar refractivity (Wildman–Crippen MR) is 73.3 cm³/mol. The lowest BCUT2D eigenvalue weighted by molar-refractivity contribution is 0.171. The molecule has 5 nitrogen and oxygen atoms in total. The van der Waals surface area contributed by atoms with Crippen LogP contribution in [0.2, 0.25) is 0 Å². The van der Waals surface area contributed by atoms with E-state index < -0.39 is 10.0 Å². The van der Waals surface area contributed by atoms with Gasteiger partial charge in [-0.25, -0.2) is 8.42 Å². The fourth-order valence-electron chi connectivity index (χ4n) is 2.23. The van der Waals surface area contributed by atoms with E-state index in [-0.39, 0.29) is 6.61 Å². The van der Waals surface area contributed by atoms with E-state index in [2.05, 4.69) is 4.90 Å². The number of piperazine rings is 1. The third kappa shape index (κ3) is 3.54. The summed E-state index contributed by atoms with van der Waals surface area (Å²) in [6.45, 7) is 3.50. The van der Waals surface area contributed by atoms with Crippen LogP contribution >= 0.6 is 0 Å². The van der Waals surface area contributed by atoms with Crippen molar-refractivity contribution in [1.82, 2.24) is 9.21 Å². The minimum Gasteiger partial charge on any atom is -0.396 e. The van der Waals surface area contributed by atoms with Crippen LogP contribution < -0.4 is 0 Å². The summed E-state index contributed by atoms with van der Waals surface area (Å²) in [6, 6.07) is 8.56. The van der Waals surface area contributed by atoms with Crippen molar-refractivity contribution in [3.63, 3.8) is 0 Å². The second kappa shape index (κ2) is 6.47. The molecule has 1 aliphatic heterocycles. The van der Waals surface area contributed by atoms with Crippen LogP contribution in [-0.4, -0.2) is 62.1 Å². The summed E-state index contributed by atoms with van der Waals surface area (Å²) in [7, 11) is -3.35. The predicted octanol–water partition coefficient (Wildman–Crippen LogP) is 0.375. The van der Waals surface area contributed by atoms with Gasteiger partial charge in [0.1, 0.15) is 0 Å². The van der Waals surface area contributed by atoms with Crippen LogP contribution in [0, 0.1) is 0 Å². The summed E-state index contributed by atoms with van der Waals surface area (Å²) in [5.41, 5.74) is 0. The lowest BCUT2D eigenvalue weighted by Gasteiger charge is -2.33. The molecule has 1 saturated heterocycles. The first-order valence-electron chi connectivity index (χ1n) is 6.53. The minimum absolute atomic E-state index is 0.183. The highest BCUT2D eigenvalue weighted by Crippen LogP contribution is 2.17. The highest BCUT2D eigenvalue weighted by molar-refractivity contribution is 7.89. The fourth-order valence-corrected chi connectivity index (χ4v) is 3.67. The van der Waals surface area contributed by atoms with E-state index in [1.54, 1.807) is 24.3 Å². The molecule has 0 aliphatic carbocycles. The Morgan fingerprint density at radius 3 is 2.26 bits per heavy atom. The summed E-state index contributed by atoms with van der Waals surface area (Å²) in [4.78, 5) is 2.55. The van der Waals surface area contributed by atoms with Crippen LogP contribution in [0.5, 0.6) is 0 Å². The topological polar surface area (TPSA) is 60.9 Å². The van der Waals surface area contributed by atoms with Crippen LogP contribution in [0.1, 0.15) is 6.42 Å². The molecule has 0 spiro atoms. The minimum atomic E-state index is -3.35. The first-order valence-corrected chi connectivity index (χ1v) is 7.97. The van der Waals surface area contributed by atoms with E-state index in [9.17, 15) is 8.42 Å². The SMILES string of the molecule is O=S(=O)(c1ccccc1)N1CCN(CCCO)CC1. The van der Waals surface area contributed by atoms with Gasteiger partial charge in [0.2, 0.25) is 10.0 Å². The largest absolute Gasteiger partial charge is 0.396 e. The van der Waals surface area contributed by atoms with Crippen LogP contribution in [0.3, 0.4) is 0 Å². The summed E-state index contributed by atoms with van der Waals surface area (Å²) < 4.78 is 26.3. The van der Waals surface area contributed by atoms with Gasteiger partial charge in [0.05, 0.1) is 4.90 Å². The van der Waals surface area contributed by atoms with E-state index in [1.165, 1.54) is 4.31 Å². The fraction of sp³-hybridized carbons (Fsp3) is 0.538. The van der Waals surface area contributed by atoms with E-state index in [0.717, 1.165) is 26.1 Å². The maximum atomic E-state index is 12.4. The summed E-state index contributed by atoms with van der Waals surface area (Å²) in [5.74, 6) is 0. The highest BCUT2D eigenvalue weighted by atomic mass is 32.2. The number of aliphatic hydroxyl groups excluding tert-OH is 1. The molecule has 0 radical (unpaired) electrons. The highest BCUT2D eigenvalue weighted by Gasteiger charge is 2.27. The number of aliphatic hydroxyl groups is 1. The molecular formula is C13H20N2O3S. The molecular weight excluding hydrogens is 264 g/mol. The summed E-state index contributed by atoms with van der Waals surface area (Å²) in [5, 5.41) is 8.79. The van der Waals surface area contributed by atoms with Gasteiger partial charge >= 0.3 is 0 Å². The Bertz CT molecular complexity index is 482. The molecule has 1 aromatic rings. The van der Waals surface area contributed by atoms with Gasteiger partial charge in [-0.15, -0.1) is 0 Å². The van der Waals surface area contributed by atoms with Gasteiger partial charge < -0.3 is 10.0 Å². The van der Waals surface area contributed by atoms with Crippen LogP contribution in [0.25, 0.3) is 0 Å². The molecule has 1 aliphatic rings. The van der Waals surface area contributed by atoms with Gasteiger partial charge in [-0.2, -0.15) is 4.31 Å². The maximum Gasteiger partial charge on any atom is 0.243 e. The van der Waals surface area contributed by atoms with Gasteiger partial charge in [0, 0.05) is 39.3 Å². The lowest BCUT2D eigenvalue weighted by Crippen LogP contribution is -2.48. The van der Waals surface area contributed by atoms with Crippen molar-refractivity contribution < 1.29 is 13.5 Å². The quantitative estimate of drug-likeness (QED) is 0.849. The maximum absolute atomic E-state index is 12.4. The first kappa shape index (κ1) is 14.5. The molecule has 2 rings (SSSR count). The zero-order valence-corrected chi connectivity index (χ0v) is 11.7. The molecule has 1 N–H and O–H groups in total. The van der Waals surface area contributed by atoms with Crippen molar-refractivity contribution in [3.8, 4) is 0 Å². The standard InChI is InChI=1S/C13H20N2O3S/c16-12-4-7-14-8-10-15(11-9-14)19(17,18)13-5-2-1-3-6-13/h1-3,5-6,16H,4,7-12H2. The molecule has 106 valence electrons. The molecule has 0 aromatic heterocycles. The third-order valence-corrected chi connectivity index (χ3v) is 5.26. The molecule has 0 unspecified atom stereocenters. The molecule has 0 amide bonds. The number of hydrogen-bond acceptors (Lipinski definition) is 4. The lowest BCUT2D eigenvalue weighted by atomic mass is 10.3. The average molecular weight is 284 g/mol. The molecule has 1 fully saturated rings. The van der Waals surface area contributed by atoms with Gasteiger partial charge in [0.25, 0.3) is 0 Å². The van der Waals surface area contributed by atoms with Gasteiger partial charge in [-0.1, -0.05) is 18.2 Å². The van der Waals surface area contributed by atoms with E-state index in [0.29, 0.717) is 18.0 Å². The second-order valence-corrected chi connectivity index (χ2v) is 6.57. The monoisotopic (exact) mass is 284 g/mol. The molecule has 0 atom stereocenters. The Morgan fingerprint density at radius 2 is 1.68 bits per heavy atom.